The van der Waals surface area contributed by atoms with Gasteiger partial charge in [-0.05, 0) is 16.4 Å². The van der Waals surface area contributed by atoms with Crippen LogP contribution < -0.4 is 4.57 Å². The van der Waals surface area contributed by atoms with Gasteiger partial charge in [0.05, 0.1) is 6.54 Å². The molecule has 4 rings (SSSR count). The van der Waals surface area contributed by atoms with Crippen LogP contribution >= 0.6 is 11.8 Å². The van der Waals surface area contributed by atoms with E-state index in [4.69, 9.17) is 0 Å². The second-order valence-corrected chi connectivity index (χ2v) is 8.94. The van der Waals surface area contributed by atoms with Crippen LogP contribution in [0.2, 0.25) is 0 Å². The molecule has 1 heterocycles. The van der Waals surface area contributed by atoms with Gasteiger partial charge in [-0.1, -0.05) is 98.8 Å². The van der Waals surface area contributed by atoms with Crippen LogP contribution in [0.5, 0.6) is 0 Å². The van der Waals surface area contributed by atoms with E-state index in [1.807, 2.05) is 11.8 Å². The van der Waals surface area contributed by atoms with Gasteiger partial charge in [0.25, 0.3) is 0 Å². The molecule has 0 aliphatic heterocycles. The molecule has 0 unspecified atom stereocenters. The average molecular weight is 387 g/mol. The maximum Gasteiger partial charge on any atom is 0.205 e. The molecule has 0 fully saturated rings. The number of thioether (sulfide) groups is 1. The number of hydrogen-bond acceptors (Lipinski definition) is 1. The average Bonchev–Trinajstić information content (AvgIpc) is 3.08. The Bertz CT molecular complexity index is 983. The number of para-hydroxylation sites is 2. The number of hydrogen-bond donors (Lipinski definition) is 0. The quantitative estimate of drug-likeness (QED) is 0.300. The van der Waals surface area contributed by atoms with E-state index in [-0.39, 0.29) is 6.04 Å². The minimum Gasteiger partial charge on any atom is -0.343 e. The van der Waals surface area contributed by atoms with Gasteiger partial charge in [-0.3, -0.25) is 0 Å². The van der Waals surface area contributed by atoms with Crippen molar-refractivity contribution in [1.82, 2.24) is 4.57 Å². The van der Waals surface area contributed by atoms with Crippen molar-refractivity contribution in [2.75, 3.05) is 5.75 Å². The largest absolute Gasteiger partial charge is 0.343 e. The summed E-state index contributed by atoms with van der Waals surface area (Å²) in [6, 6.07) is 30.2. The van der Waals surface area contributed by atoms with Gasteiger partial charge < -0.3 is 9.13 Å². The molecular formula is C25H26N2S. The minimum absolute atomic E-state index is 0.103. The zero-order valence-corrected chi connectivity index (χ0v) is 17.3. The van der Waals surface area contributed by atoms with E-state index < -0.39 is 0 Å². The van der Waals surface area contributed by atoms with Crippen molar-refractivity contribution in [2.24, 2.45) is 0 Å². The van der Waals surface area contributed by atoms with Crippen LogP contribution in [0, 0.1) is 6.33 Å². The summed E-state index contributed by atoms with van der Waals surface area (Å²) < 4.78 is 4.59. The van der Waals surface area contributed by atoms with Gasteiger partial charge in [-0.2, -0.15) is 11.8 Å². The van der Waals surface area contributed by atoms with Gasteiger partial charge in [-0.25, -0.2) is 0 Å². The number of rotatable bonds is 7. The second kappa shape index (κ2) is 8.66. The Hall–Kier alpha value is -2.52. The maximum atomic E-state index is 3.68. The lowest BCUT2D eigenvalue weighted by Crippen LogP contribution is -2.34. The van der Waals surface area contributed by atoms with Gasteiger partial charge in [0, 0.05) is 16.8 Å². The Morgan fingerprint density at radius 2 is 1.39 bits per heavy atom. The van der Waals surface area contributed by atoms with Crippen molar-refractivity contribution in [1.29, 1.82) is 0 Å². The first kappa shape index (κ1) is 18.8. The lowest BCUT2D eigenvalue weighted by Gasteiger charge is -2.19. The fourth-order valence-corrected chi connectivity index (χ4v) is 4.40. The summed E-state index contributed by atoms with van der Waals surface area (Å²) in [4.78, 5) is 0. The van der Waals surface area contributed by atoms with E-state index in [0.29, 0.717) is 5.25 Å². The second-order valence-electron chi connectivity index (χ2n) is 7.25. The molecule has 0 aliphatic rings. The molecule has 2 nitrogen and oxygen atoms in total. The number of fused-ring (bicyclic) bond motifs is 1. The Morgan fingerprint density at radius 3 is 2.00 bits per heavy atom. The van der Waals surface area contributed by atoms with Crippen molar-refractivity contribution in [3.63, 3.8) is 0 Å². The van der Waals surface area contributed by atoms with Crippen LogP contribution in [0.25, 0.3) is 11.0 Å². The summed E-state index contributed by atoms with van der Waals surface area (Å²) in [5, 5.41) is 0.648. The predicted octanol–water partition coefficient (Wildman–Crippen LogP) is 5.51. The first-order chi connectivity index (χ1) is 13.7. The van der Waals surface area contributed by atoms with Crippen molar-refractivity contribution in [2.45, 2.75) is 31.7 Å². The Morgan fingerprint density at radius 1 is 0.821 bits per heavy atom. The molecule has 0 bridgehead atoms. The monoisotopic (exact) mass is 386 g/mol. The fourth-order valence-electron chi connectivity index (χ4n) is 3.64. The van der Waals surface area contributed by atoms with Crippen molar-refractivity contribution >= 4 is 22.8 Å². The Labute approximate surface area is 171 Å². The van der Waals surface area contributed by atoms with Crippen molar-refractivity contribution in [3.8, 4) is 0 Å². The third-order valence-corrected chi connectivity index (χ3v) is 6.00. The third-order valence-electron chi connectivity index (χ3n) is 4.92. The van der Waals surface area contributed by atoms with E-state index in [0.717, 1.165) is 12.3 Å². The fraction of sp³-hybridized carbons (Fsp3) is 0.240. The summed E-state index contributed by atoms with van der Waals surface area (Å²) >= 11 is 1.99. The van der Waals surface area contributed by atoms with E-state index in [1.165, 1.54) is 22.2 Å². The first-order valence-corrected chi connectivity index (χ1v) is 10.9. The highest BCUT2D eigenvalue weighted by Crippen LogP contribution is 2.29. The SMILES string of the molecule is CC(C)SCC[n+]1[c-]n(C(c2ccccc2)c2ccccc2)c2ccccc21. The first-order valence-electron chi connectivity index (χ1n) is 9.87. The maximum absolute atomic E-state index is 3.68. The zero-order chi connectivity index (χ0) is 19.3. The molecule has 3 aromatic carbocycles. The molecule has 0 aliphatic carbocycles. The van der Waals surface area contributed by atoms with Crippen LogP contribution in [0.3, 0.4) is 0 Å². The van der Waals surface area contributed by atoms with Gasteiger partial charge >= 0.3 is 0 Å². The summed E-state index contributed by atoms with van der Waals surface area (Å²) in [5.74, 6) is 1.09. The van der Waals surface area contributed by atoms with Gasteiger partial charge in [0.1, 0.15) is 6.04 Å². The minimum atomic E-state index is 0.103. The Kier molecular flexibility index (Phi) is 5.82. The molecule has 0 amide bonds. The molecule has 0 spiro atoms. The van der Waals surface area contributed by atoms with Crippen LogP contribution in [0.1, 0.15) is 31.0 Å². The van der Waals surface area contributed by atoms with Crippen LogP contribution in [0.4, 0.5) is 0 Å². The van der Waals surface area contributed by atoms with E-state index in [2.05, 4.69) is 114 Å². The topological polar surface area (TPSA) is 8.81 Å². The lowest BCUT2D eigenvalue weighted by atomic mass is 9.98. The number of nitrogens with zero attached hydrogens (tertiary/aromatic N) is 2. The highest BCUT2D eigenvalue weighted by Gasteiger charge is 2.20. The number of imidazole rings is 1. The van der Waals surface area contributed by atoms with E-state index >= 15 is 0 Å². The number of aromatic nitrogens is 2. The van der Waals surface area contributed by atoms with Crippen LogP contribution in [0.15, 0.2) is 84.9 Å². The molecule has 0 radical (unpaired) electrons. The summed E-state index contributed by atoms with van der Waals surface area (Å²) in [7, 11) is 0. The predicted molar refractivity (Wildman–Crippen MR) is 119 cm³/mol. The van der Waals surface area contributed by atoms with Gasteiger partial charge in [-0.15, -0.1) is 0 Å². The van der Waals surface area contributed by atoms with Crippen molar-refractivity contribution in [3.05, 3.63) is 102 Å². The number of aryl methyl sites for hydroxylation is 1. The number of benzene rings is 3. The Balaban J connectivity index is 1.82. The van der Waals surface area contributed by atoms with Crippen molar-refractivity contribution < 1.29 is 4.57 Å². The molecule has 3 heteroatoms. The highest BCUT2D eigenvalue weighted by atomic mass is 32.2. The summed E-state index contributed by atoms with van der Waals surface area (Å²) in [6.07, 6.45) is 3.68. The molecule has 0 N–H and O–H groups in total. The normalized spacial score (nSPS) is 11.6. The molecule has 4 aromatic rings. The molecule has 0 saturated carbocycles. The third kappa shape index (κ3) is 4.00. The highest BCUT2D eigenvalue weighted by molar-refractivity contribution is 7.99. The standard InChI is InChI=1S/C25H26N2S/c1-20(2)28-18-17-26-19-27(24-16-10-9-15-23(24)26)25(21-11-5-3-6-12-21)22-13-7-4-8-14-22/h3-16,20,25H,17-18H2,1-2H3. The van der Waals surface area contributed by atoms with Crippen LogP contribution in [-0.2, 0) is 6.54 Å². The molecule has 0 saturated heterocycles. The summed E-state index contributed by atoms with van der Waals surface area (Å²) in [6.45, 7) is 5.47. The molecule has 1 aromatic heterocycles. The van der Waals surface area contributed by atoms with E-state index in [1.54, 1.807) is 0 Å². The summed E-state index contributed by atoms with van der Waals surface area (Å²) in [5.41, 5.74) is 5.00. The molecule has 142 valence electrons. The lowest BCUT2D eigenvalue weighted by molar-refractivity contribution is -0.671. The van der Waals surface area contributed by atoms with Gasteiger partial charge in [0.15, 0.2) is 0 Å². The van der Waals surface area contributed by atoms with Gasteiger partial charge in [0.2, 0.25) is 6.33 Å². The zero-order valence-electron chi connectivity index (χ0n) is 16.5. The molecule has 0 atom stereocenters. The smallest absolute Gasteiger partial charge is 0.205 e. The molecule has 28 heavy (non-hydrogen) atoms. The van der Waals surface area contributed by atoms with E-state index in [9.17, 15) is 0 Å². The van der Waals surface area contributed by atoms with Crippen LogP contribution in [-0.4, -0.2) is 15.6 Å². The molecular weight excluding hydrogens is 360 g/mol.